The number of halogens is 2. The van der Waals surface area contributed by atoms with Crippen LogP contribution >= 0.6 is 27.7 Å². The number of benzene rings is 2. The first-order chi connectivity index (χ1) is 12.8. The van der Waals surface area contributed by atoms with E-state index in [1.807, 2.05) is 6.92 Å². The molecule has 0 bridgehead atoms. The van der Waals surface area contributed by atoms with E-state index in [1.54, 1.807) is 17.0 Å². The first kappa shape index (κ1) is 19.0. The molecule has 0 unspecified atom stereocenters. The number of rotatable bonds is 3. The fourth-order valence-electron chi connectivity index (χ4n) is 3.42. The minimum Gasteiger partial charge on any atom is -0.312 e. The first-order valence-electron chi connectivity index (χ1n) is 8.53. The summed E-state index contributed by atoms with van der Waals surface area (Å²) < 4.78 is 39.4. The molecule has 0 radical (unpaired) electrons. The average Bonchev–Trinajstić information content (AvgIpc) is 3.06. The molecule has 2 aromatic carbocycles. The van der Waals surface area contributed by atoms with Gasteiger partial charge in [0.1, 0.15) is 5.82 Å². The maximum atomic E-state index is 14.6. The van der Waals surface area contributed by atoms with Crippen LogP contribution in [0.1, 0.15) is 11.1 Å². The third-order valence-electron chi connectivity index (χ3n) is 4.77. The molecule has 0 amide bonds. The summed E-state index contributed by atoms with van der Waals surface area (Å²) in [5.41, 5.74) is 2.72. The monoisotopic (exact) mass is 468 g/mol. The van der Waals surface area contributed by atoms with Crippen molar-refractivity contribution in [2.75, 3.05) is 16.4 Å². The van der Waals surface area contributed by atoms with E-state index in [2.05, 4.69) is 45.2 Å². The Hall–Kier alpha value is -1.38. The smallest absolute Gasteiger partial charge is 0.164 e. The highest BCUT2D eigenvalue weighted by atomic mass is 79.9. The van der Waals surface area contributed by atoms with E-state index >= 15 is 0 Å². The Balaban J connectivity index is 1.64. The third kappa shape index (κ3) is 3.93. The Morgan fingerprint density at radius 3 is 2.67 bits per heavy atom. The lowest BCUT2D eigenvalue weighted by atomic mass is 10.1. The molecule has 4 rings (SSSR count). The maximum Gasteiger partial charge on any atom is 0.164 e. The van der Waals surface area contributed by atoms with Crippen LogP contribution in [0.5, 0.6) is 0 Å². The summed E-state index contributed by atoms with van der Waals surface area (Å²) in [6.07, 6.45) is 0. The van der Waals surface area contributed by atoms with Gasteiger partial charge in [-0.2, -0.15) is 0 Å². The van der Waals surface area contributed by atoms with Gasteiger partial charge in [-0.15, -0.1) is 0 Å². The highest BCUT2D eigenvalue weighted by Crippen LogP contribution is 2.37. The van der Waals surface area contributed by atoms with Gasteiger partial charge in [0.15, 0.2) is 15.0 Å². The molecule has 8 heteroatoms. The van der Waals surface area contributed by atoms with Crippen molar-refractivity contribution in [1.29, 1.82) is 0 Å². The molecule has 0 aromatic heterocycles. The molecular weight excluding hydrogens is 451 g/mol. The van der Waals surface area contributed by atoms with Crippen LogP contribution in [-0.2, 0) is 15.6 Å². The highest BCUT2D eigenvalue weighted by molar-refractivity contribution is 9.10. The number of anilines is 1. The van der Waals surface area contributed by atoms with Crippen LogP contribution in [0.15, 0.2) is 51.9 Å². The zero-order chi connectivity index (χ0) is 19.2. The minimum atomic E-state index is -3.15. The van der Waals surface area contributed by atoms with Gasteiger partial charge < -0.3 is 4.90 Å². The van der Waals surface area contributed by atoms with Crippen molar-refractivity contribution in [1.82, 2.24) is 0 Å². The van der Waals surface area contributed by atoms with Gasteiger partial charge in [0.2, 0.25) is 0 Å². The Bertz CT molecular complexity index is 1010. The number of thioether (sulfide) groups is 1. The summed E-state index contributed by atoms with van der Waals surface area (Å²) in [5.74, 6) is 0.338. The number of fused-ring (bicyclic) bond motifs is 1. The standard InChI is InChI=1S/C19H18BrFN2O2S2/c1-12-2-4-13(5-3-12)9-26-19-22-16-10-27(24,25)11-18(16)23(19)17-7-6-14(20)8-15(17)21/h2-8,16,18H,9-11H2,1H3/t16-,18-/m1/s1. The van der Waals surface area contributed by atoms with Gasteiger partial charge in [-0.1, -0.05) is 57.5 Å². The molecule has 2 atom stereocenters. The van der Waals surface area contributed by atoms with Crippen LogP contribution in [0, 0.1) is 12.7 Å². The van der Waals surface area contributed by atoms with Gasteiger partial charge in [0.25, 0.3) is 0 Å². The largest absolute Gasteiger partial charge is 0.312 e. The van der Waals surface area contributed by atoms with Crippen molar-refractivity contribution < 1.29 is 12.8 Å². The molecule has 2 aliphatic rings. The minimum absolute atomic E-state index is 0.00522. The van der Waals surface area contributed by atoms with E-state index in [0.29, 0.717) is 21.1 Å². The summed E-state index contributed by atoms with van der Waals surface area (Å²) in [6.45, 7) is 2.04. The highest BCUT2D eigenvalue weighted by Gasteiger charge is 2.47. The molecule has 1 fully saturated rings. The summed E-state index contributed by atoms with van der Waals surface area (Å²) in [5, 5.41) is 0.682. The second kappa shape index (κ2) is 7.22. The second-order valence-electron chi connectivity index (χ2n) is 6.86. The fraction of sp³-hybridized carbons (Fsp3) is 0.316. The zero-order valence-corrected chi connectivity index (χ0v) is 17.8. The lowest BCUT2D eigenvalue weighted by Crippen LogP contribution is -2.39. The molecule has 2 aromatic rings. The number of sulfone groups is 1. The van der Waals surface area contributed by atoms with Gasteiger partial charge in [0, 0.05) is 10.2 Å². The van der Waals surface area contributed by atoms with E-state index < -0.39 is 15.7 Å². The number of amidine groups is 1. The van der Waals surface area contributed by atoms with Crippen LogP contribution in [-0.4, -0.2) is 37.2 Å². The quantitative estimate of drug-likeness (QED) is 0.677. The first-order valence-corrected chi connectivity index (χ1v) is 12.1. The van der Waals surface area contributed by atoms with Crippen molar-refractivity contribution in [2.45, 2.75) is 24.8 Å². The van der Waals surface area contributed by atoms with Crippen molar-refractivity contribution >= 4 is 48.4 Å². The summed E-state index contributed by atoms with van der Waals surface area (Å²) >= 11 is 4.79. The Kier molecular flexibility index (Phi) is 5.07. The summed E-state index contributed by atoms with van der Waals surface area (Å²) in [4.78, 5) is 6.42. The van der Waals surface area contributed by atoms with E-state index in [9.17, 15) is 12.8 Å². The van der Waals surface area contributed by atoms with Gasteiger partial charge in [-0.3, -0.25) is 4.99 Å². The molecule has 0 saturated carbocycles. The van der Waals surface area contributed by atoms with Gasteiger partial charge in [0.05, 0.1) is 29.3 Å². The lowest BCUT2D eigenvalue weighted by molar-refractivity contribution is 0.600. The van der Waals surface area contributed by atoms with Gasteiger partial charge in [-0.05, 0) is 30.7 Å². The molecule has 4 nitrogen and oxygen atoms in total. The zero-order valence-electron chi connectivity index (χ0n) is 14.6. The van der Waals surface area contributed by atoms with E-state index in [-0.39, 0.29) is 23.6 Å². The normalized spacial score (nSPS) is 23.4. The Labute approximate surface area is 170 Å². The van der Waals surface area contributed by atoms with Crippen LogP contribution in [0.2, 0.25) is 0 Å². The number of hydrogen-bond acceptors (Lipinski definition) is 5. The summed E-state index contributed by atoms with van der Waals surface area (Å²) in [6, 6.07) is 12.4. The molecule has 27 heavy (non-hydrogen) atoms. The molecule has 1 saturated heterocycles. The van der Waals surface area contributed by atoms with E-state index in [0.717, 1.165) is 5.56 Å². The fourth-order valence-corrected chi connectivity index (χ4v) is 6.67. The second-order valence-corrected chi connectivity index (χ2v) is 10.9. The van der Waals surface area contributed by atoms with E-state index in [4.69, 9.17) is 0 Å². The van der Waals surface area contributed by atoms with Crippen LogP contribution < -0.4 is 4.90 Å². The topological polar surface area (TPSA) is 49.7 Å². The van der Waals surface area contributed by atoms with Crippen LogP contribution in [0.4, 0.5) is 10.1 Å². The van der Waals surface area contributed by atoms with Crippen molar-refractivity contribution in [2.24, 2.45) is 4.99 Å². The number of aryl methyl sites for hydroxylation is 1. The Morgan fingerprint density at radius 2 is 1.96 bits per heavy atom. The molecule has 0 N–H and O–H groups in total. The maximum absolute atomic E-state index is 14.6. The molecule has 2 heterocycles. The lowest BCUT2D eigenvalue weighted by Gasteiger charge is -2.27. The van der Waals surface area contributed by atoms with Crippen LogP contribution in [0.3, 0.4) is 0 Å². The van der Waals surface area contributed by atoms with E-state index in [1.165, 1.54) is 23.4 Å². The number of nitrogens with zero attached hydrogens (tertiary/aromatic N) is 2. The van der Waals surface area contributed by atoms with Crippen molar-refractivity contribution in [3.05, 3.63) is 63.9 Å². The van der Waals surface area contributed by atoms with Crippen molar-refractivity contribution in [3.8, 4) is 0 Å². The predicted octanol–water partition coefficient (Wildman–Crippen LogP) is 4.17. The predicted molar refractivity (Wildman–Crippen MR) is 113 cm³/mol. The van der Waals surface area contributed by atoms with Crippen LogP contribution in [0.25, 0.3) is 0 Å². The molecule has 2 aliphatic heterocycles. The van der Waals surface area contributed by atoms with Gasteiger partial charge in [-0.25, -0.2) is 12.8 Å². The molecule has 0 spiro atoms. The van der Waals surface area contributed by atoms with Gasteiger partial charge >= 0.3 is 0 Å². The number of hydrogen-bond donors (Lipinski definition) is 0. The Morgan fingerprint density at radius 1 is 1.22 bits per heavy atom. The number of aliphatic imine (C=N–C) groups is 1. The average molecular weight is 469 g/mol. The summed E-state index contributed by atoms with van der Waals surface area (Å²) in [7, 11) is -3.15. The SMILES string of the molecule is Cc1ccc(CSC2=N[C@@H]3CS(=O)(=O)C[C@H]3N2c2ccc(Br)cc2F)cc1. The third-order valence-corrected chi connectivity index (χ3v) is 8.00. The van der Waals surface area contributed by atoms with Crippen molar-refractivity contribution in [3.63, 3.8) is 0 Å². The molecular formula is C19H18BrFN2O2S2. The molecule has 142 valence electrons. The molecule has 0 aliphatic carbocycles.